The molecule has 24 heavy (non-hydrogen) atoms. The maximum atomic E-state index is 12.9. The SMILES string of the molecule is Cl.O=C(CCCN1C2CCC1c1ccccc12)c1ccc(F)cc1. The van der Waals surface area contributed by atoms with Gasteiger partial charge >= 0.3 is 0 Å². The number of benzene rings is 2. The molecule has 1 fully saturated rings. The molecule has 4 heteroatoms. The highest BCUT2D eigenvalue weighted by atomic mass is 35.5. The van der Waals surface area contributed by atoms with E-state index in [2.05, 4.69) is 29.2 Å². The third kappa shape index (κ3) is 2.99. The summed E-state index contributed by atoms with van der Waals surface area (Å²) < 4.78 is 12.9. The molecule has 2 aromatic rings. The van der Waals surface area contributed by atoms with Gasteiger partial charge in [0, 0.05) is 24.1 Å². The van der Waals surface area contributed by atoms with E-state index in [1.54, 1.807) is 12.1 Å². The van der Waals surface area contributed by atoms with Crippen LogP contribution in [0.25, 0.3) is 0 Å². The van der Waals surface area contributed by atoms with Crippen molar-refractivity contribution in [1.82, 2.24) is 4.90 Å². The zero-order valence-corrected chi connectivity index (χ0v) is 14.3. The van der Waals surface area contributed by atoms with E-state index in [-0.39, 0.29) is 24.0 Å². The lowest BCUT2D eigenvalue weighted by molar-refractivity contribution is 0.0971. The van der Waals surface area contributed by atoms with Crippen molar-refractivity contribution in [2.75, 3.05) is 6.54 Å². The highest BCUT2D eigenvalue weighted by Crippen LogP contribution is 2.52. The number of rotatable bonds is 5. The van der Waals surface area contributed by atoms with Gasteiger partial charge in [0.25, 0.3) is 0 Å². The van der Waals surface area contributed by atoms with Crippen LogP contribution in [0.2, 0.25) is 0 Å². The highest BCUT2D eigenvalue weighted by molar-refractivity contribution is 5.95. The minimum absolute atomic E-state index is 0. The van der Waals surface area contributed by atoms with Crippen molar-refractivity contribution in [2.24, 2.45) is 0 Å². The molecule has 0 aliphatic carbocycles. The van der Waals surface area contributed by atoms with Crippen molar-refractivity contribution in [3.05, 3.63) is 71.0 Å². The second-order valence-electron chi connectivity index (χ2n) is 6.51. The van der Waals surface area contributed by atoms with Gasteiger partial charge in [0.15, 0.2) is 5.78 Å². The van der Waals surface area contributed by atoms with Crippen molar-refractivity contribution in [1.29, 1.82) is 0 Å². The number of hydrogen-bond donors (Lipinski definition) is 0. The fourth-order valence-corrected chi connectivity index (χ4v) is 4.16. The van der Waals surface area contributed by atoms with Crippen LogP contribution in [0.3, 0.4) is 0 Å². The Balaban J connectivity index is 0.00000169. The molecular formula is C20H21ClFNO. The van der Waals surface area contributed by atoms with Gasteiger partial charge in [-0.05, 0) is 61.2 Å². The van der Waals surface area contributed by atoms with Crippen LogP contribution in [0.1, 0.15) is 59.3 Å². The summed E-state index contributed by atoms with van der Waals surface area (Å²) in [5.74, 6) is -0.193. The summed E-state index contributed by atoms with van der Waals surface area (Å²) in [5.41, 5.74) is 3.57. The minimum Gasteiger partial charge on any atom is -0.294 e. The Morgan fingerprint density at radius 3 is 2.17 bits per heavy atom. The highest BCUT2D eigenvalue weighted by Gasteiger charge is 2.42. The Hall–Kier alpha value is -1.71. The van der Waals surface area contributed by atoms with Gasteiger partial charge in [0.05, 0.1) is 0 Å². The fourth-order valence-electron chi connectivity index (χ4n) is 4.16. The second kappa shape index (κ2) is 7.04. The molecule has 0 N–H and O–H groups in total. The van der Waals surface area contributed by atoms with Gasteiger partial charge in [-0.15, -0.1) is 12.4 Å². The number of carbonyl (C=O) groups is 1. The van der Waals surface area contributed by atoms with E-state index in [1.807, 2.05) is 0 Å². The molecule has 0 aromatic heterocycles. The Morgan fingerprint density at radius 1 is 1.00 bits per heavy atom. The van der Waals surface area contributed by atoms with Crippen molar-refractivity contribution >= 4 is 18.2 Å². The van der Waals surface area contributed by atoms with E-state index in [0.29, 0.717) is 24.1 Å². The molecular weight excluding hydrogens is 325 g/mol. The predicted octanol–water partition coefficient (Wildman–Crippen LogP) is 5.10. The molecule has 0 radical (unpaired) electrons. The van der Waals surface area contributed by atoms with E-state index in [4.69, 9.17) is 0 Å². The summed E-state index contributed by atoms with van der Waals surface area (Å²) in [6.45, 7) is 0.955. The molecule has 2 atom stereocenters. The third-order valence-electron chi connectivity index (χ3n) is 5.21. The molecule has 2 heterocycles. The van der Waals surface area contributed by atoms with E-state index in [0.717, 1.165) is 13.0 Å². The zero-order valence-electron chi connectivity index (χ0n) is 13.5. The average Bonchev–Trinajstić information content (AvgIpc) is 3.12. The second-order valence-corrected chi connectivity index (χ2v) is 6.51. The molecule has 2 aliphatic heterocycles. The first-order chi connectivity index (χ1) is 11.2. The molecule has 4 rings (SSSR count). The Kier molecular flexibility index (Phi) is 5.02. The fraction of sp³-hybridized carbons (Fsp3) is 0.350. The van der Waals surface area contributed by atoms with Crippen molar-refractivity contribution in [2.45, 2.75) is 37.8 Å². The summed E-state index contributed by atoms with van der Waals surface area (Å²) in [6, 6.07) is 15.7. The van der Waals surface area contributed by atoms with Gasteiger partial charge in [0.1, 0.15) is 5.82 Å². The zero-order chi connectivity index (χ0) is 15.8. The Labute approximate surface area is 148 Å². The molecule has 2 bridgehead atoms. The lowest BCUT2D eigenvalue weighted by Crippen LogP contribution is -2.21. The van der Waals surface area contributed by atoms with Crippen LogP contribution >= 0.6 is 12.4 Å². The molecule has 2 aromatic carbocycles. The van der Waals surface area contributed by atoms with Crippen molar-refractivity contribution < 1.29 is 9.18 Å². The van der Waals surface area contributed by atoms with Crippen LogP contribution in [0.4, 0.5) is 4.39 Å². The number of halogens is 2. The van der Waals surface area contributed by atoms with Gasteiger partial charge in [-0.1, -0.05) is 24.3 Å². The largest absolute Gasteiger partial charge is 0.294 e. The maximum absolute atomic E-state index is 12.9. The number of nitrogens with zero attached hydrogens (tertiary/aromatic N) is 1. The van der Waals surface area contributed by atoms with Gasteiger partial charge in [-0.3, -0.25) is 9.69 Å². The van der Waals surface area contributed by atoms with Crippen LogP contribution in [0, 0.1) is 5.82 Å². The van der Waals surface area contributed by atoms with E-state index >= 15 is 0 Å². The summed E-state index contributed by atoms with van der Waals surface area (Å²) in [4.78, 5) is 14.7. The van der Waals surface area contributed by atoms with Gasteiger partial charge in [-0.25, -0.2) is 4.39 Å². The first-order valence-corrected chi connectivity index (χ1v) is 8.37. The summed E-state index contributed by atoms with van der Waals surface area (Å²) in [6.07, 6.45) is 3.84. The Bertz CT molecular complexity index is 700. The summed E-state index contributed by atoms with van der Waals surface area (Å²) >= 11 is 0. The smallest absolute Gasteiger partial charge is 0.162 e. The lowest BCUT2D eigenvalue weighted by atomic mass is 9.92. The normalized spacial score (nSPS) is 21.4. The molecule has 2 unspecified atom stereocenters. The van der Waals surface area contributed by atoms with E-state index < -0.39 is 0 Å². The molecule has 2 aliphatic rings. The molecule has 1 saturated heterocycles. The maximum Gasteiger partial charge on any atom is 0.162 e. The minimum atomic E-state index is -0.298. The molecule has 126 valence electrons. The van der Waals surface area contributed by atoms with E-state index in [1.165, 1.54) is 36.1 Å². The van der Waals surface area contributed by atoms with Crippen molar-refractivity contribution in [3.8, 4) is 0 Å². The predicted molar refractivity (Wildman–Crippen MR) is 95.1 cm³/mol. The number of Topliss-reactive ketones (excluding diaryl/α,β-unsaturated/α-hetero) is 1. The first-order valence-electron chi connectivity index (χ1n) is 8.37. The van der Waals surface area contributed by atoms with Crippen molar-refractivity contribution in [3.63, 3.8) is 0 Å². The summed E-state index contributed by atoms with van der Waals surface area (Å²) in [7, 11) is 0. The Morgan fingerprint density at radius 2 is 1.58 bits per heavy atom. The molecule has 0 saturated carbocycles. The number of ketones is 1. The van der Waals surface area contributed by atoms with E-state index in [9.17, 15) is 9.18 Å². The number of fused-ring (bicyclic) bond motifs is 5. The van der Waals surface area contributed by atoms with Crippen LogP contribution in [0.5, 0.6) is 0 Å². The van der Waals surface area contributed by atoms with Gasteiger partial charge in [-0.2, -0.15) is 0 Å². The van der Waals surface area contributed by atoms with Crippen LogP contribution in [0.15, 0.2) is 48.5 Å². The van der Waals surface area contributed by atoms with Gasteiger partial charge in [0.2, 0.25) is 0 Å². The monoisotopic (exact) mass is 345 g/mol. The number of carbonyl (C=O) groups excluding carboxylic acids is 1. The lowest BCUT2D eigenvalue weighted by Gasteiger charge is -2.21. The molecule has 0 spiro atoms. The third-order valence-corrected chi connectivity index (χ3v) is 5.21. The van der Waals surface area contributed by atoms with Crippen LogP contribution < -0.4 is 0 Å². The molecule has 0 amide bonds. The molecule has 2 nitrogen and oxygen atoms in total. The van der Waals surface area contributed by atoms with Crippen LogP contribution in [-0.4, -0.2) is 17.2 Å². The first kappa shape index (κ1) is 17.1. The average molecular weight is 346 g/mol. The van der Waals surface area contributed by atoms with Gasteiger partial charge < -0.3 is 0 Å². The standard InChI is InChI=1S/C20H20FNO.ClH/c21-15-9-7-14(8-10-15)20(23)6-3-13-22-18-11-12-19(22)17-5-2-1-4-16(17)18;/h1-2,4-5,7-10,18-19H,3,6,11-13H2;1H. The quantitative estimate of drug-likeness (QED) is 0.702. The number of hydrogen-bond acceptors (Lipinski definition) is 2. The summed E-state index contributed by atoms with van der Waals surface area (Å²) in [5, 5.41) is 0. The topological polar surface area (TPSA) is 20.3 Å². The van der Waals surface area contributed by atoms with Crippen LogP contribution in [-0.2, 0) is 0 Å².